The number of nitrogens with one attached hydrogen (secondary N) is 2. The molecule has 0 bridgehead atoms. The lowest BCUT2D eigenvalue weighted by Crippen LogP contribution is -2.54. The molecule has 0 atom stereocenters. The molecule has 116 valence electrons. The van der Waals surface area contributed by atoms with Crippen molar-refractivity contribution in [2.45, 2.75) is 25.3 Å². The molecular weight excluding hydrogens is 282 g/mol. The predicted molar refractivity (Wildman–Crippen MR) is 82.2 cm³/mol. The largest absolute Gasteiger partial charge is 0.381 e. The molecule has 1 fully saturated rings. The number of aromatic amines is 1. The molecule has 22 heavy (non-hydrogen) atoms. The highest BCUT2D eigenvalue weighted by Gasteiger charge is 2.35. The van der Waals surface area contributed by atoms with E-state index >= 15 is 0 Å². The van der Waals surface area contributed by atoms with Crippen molar-refractivity contribution >= 4 is 11.6 Å². The van der Waals surface area contributed by atoms with E-state index in [1.54, 1.807) is 0 Å². The van der Waals surface area contributed by atoms with Crippen molar-refractivity contribution in [2.75, 3.05) is 18.5 Å². The van der Waals surface area contributed by atoms with Crippen molar-refractivity contribution in [1.29, 1.82) is 0 Å². The summed E-state index contributed by atoms with van der Waals surface area (Å²) in [6.45, 7) is 2.89. The number of benzene rings is 1. The van der Waals surface area contributed by atoms with Crippen molar-refractivity contribution in [3.8, 4) is 11.4 Å². The second kappa shape index (κ2) is 5.86. The van der Waals surface area contributed by atoms with Gasteiger partial charge in [0.25, 0.3) is 0 Å². The molecule has 1 saturated heterocycles. The molecule has 7 heteroatoms. The van der Waals surface area contributed by atoms with Crippen LogP contribution in [-0.4, -0.2) is 39.8 Å². The lowest BCUT2D eigenvalue weighted by molar-refractivity contribution is -0.124. The van der Waals surface area contributed by atoms with Gasteiger partial charge in [0.15, 0.2) is 5.82 Å². The maximum Gasteiger partial charge on any atom is 0.244 e. The van der Waals surface area contributed by atoms with Gasteiger partial charge in [-0.25, -0.2) is 4.98 Å². The number of hydrogen-bond donors (Lipinski definition) is 3. The number of carbonyl (C=O) groups excluding carboxylic acids is 1. The van der Waals surface area contributed by atoms with E-state index in [1.165, 1.54) is 0 Å². The van der Waals surface area contributed by atoms with Crippen LogP contribution < -0.4 is 11.1 Å². The Bertz CT molecular complexity index is 659. The number of nitrogens with zero attached hydrogens (tertiary/aromatic N) is 2. The molecule has 1 aromatic heterocycles. The van der Waals surface area contributed by atoms with Gasteiger partial charge in [0.2, 0.25) is 5.91 Å². The fourth-order valence-corrected chi connectivity index (χ4v) is 2.39. The maximum atomic E-state index is 12.3. The van der Waals surface area contributed by atoms with Crippen molar-refractivity contribution < 1.29 is 9.53 Å². The lowest BCUT2D eigenvalue weighted by Gasteiger charge is -2.31. The van der Waals surface area contributed by atoms with Gasteiger partial charge >= 0.3 is 0 Å². The van der Waals surface area contributed by atoms with Crippen molar-refractivity contribution in [3.63, 3.8) is 0 Å². The van der Waals surface area contributed by atoms with E-state index in [0.29, 0.717) is 37.6 Å². The molecule has 0 unspecified atom stereocenters. The van der Waals surface area contributed by atoms with Crippen LogP contribution in [0.25, 0.3) is 11.4 Å². The molecule has 3 rings (SSSR count). The Kier molecular flexibility index (Phi) is 3.91. The lowest BCUT2D eigenvalue weighted by atomic mass is 9.90. The van der Waals surface area contributed by atoms with E-state index in [0.717, 1.165) is 11.4 Å². The molecule has 0 radical (unpaired) electrons. The zero-order valence-electron chi connectivity index (χ0n) is 12.4. The number of H-pyrrole nitrogens is 1. The van der Waals surface area contributed by atoms with Crippen LogP contribution in [0.2, 0.25) is 0 Å². The summed E-state index contributed by atoms with van der Waals surface area (Å²) in [5.74, 6) is 1.23. The molecule has 2 heterocycles. The highest BCUT2D eigenvalue weighted by Crippen LogP contribution is 2.22. The fourth-order valence-electron chi connectivity index (χ4n) is 2.39. The average molecular weight is 301 g/mol. The minimum absolute atomic E-state index is 0.169. The maximum absolute atomic E-state index is 12.3. The third kappa shape index (κ3) is 3.00. The quantitative estimate of drug-likeness (QED) is 0.790. The van der Waals surface area contributed by atoms with Gasteiger partial charge in [0.05, 0.1) is 0 Å². The first-order valence-corrected chi connectivity index (χ1v) is 7.24. The monoisotopic (exact) mass is 301 g/mol. The number of nitrogens with two attached hydrogens (primary N) is 1. The summed E-state index contributed by atoms with van der Waals surface area (Å²) in [4.78, 5) is 16.6. The molecule has 1 aliphatic heterocycles. The molecule has 2 aromatic rings. The summed E-state index contributed by atoms with van der Waals surface area (Å²) in [7, 11) is 0. The summed E-state index contributed by atoms with van der Waals surface area (Å²) in [6, 6.07) is 7.38. The fraction of sp³-hybridized carbons (Fsp3) is 0.400. The van der Waals surface area contributed by atoms with E-state index in [-0.39, 0.29) is 5.91 Å². The summed E-state index contributed by atoms with van der Waals surface area (Å²) >= 11 is 0. The zero-order valence-corrected chi connectivity index (χ0v) is 12.4. The van der Waals surface area contributed by atoms with Crippen LogP contribution in [0.4, 0.5) is 5.69 Å². The Morgan fingerprint density at radius 3 is 2.59 bits per heavy atom. The molecule has 4 N–H and O–H groups in total. The van der Waals surface area contributed by atoms with E-state index in [1.807, 2.05) is 31.2 Å². The third-order valence-electron chi connectivity index (χ3n) is 3.84. The van der Waals surface area contributed by atoms with Gasteiger partial charge in [0.1, 0.15) is 11.4 Å². The van der Waals surface area contributed by atoms with Crippen LogP contribution in [0.5, 0.6) is 0 Å². The second-order valence-corrected chi connectivity index (χ2v) is 5.54. The molecule has 1 aliphatic rings. The molecule has 1 amide bonds. The number of anilines is 1. The third-order valence-corrected chi connectivity index (χ3v) is 3.84. The van der Waals surface area contributed by atoms with Crippen LogP contribution in [0.1, 0.15) is 18.7 Å². The average Bonchev–Trinajstić information content (AvgIpc) is 2.95. The zero-order chi connectivity index (χ0) is 15.6. The van der Waals surface area contributed by atoms with Gasteiger partial charge in [-0.3, -0.25) is 9.89 Å². The van der Waals surface area contributed by atoms with Gasteiger partial charge in [-0.1, -0.05) is 0 Å². The van der Waals surface area contributed by atoms with Gasteiger partial charge in [-0.2, -0.15) is 5.10 Å². The summed E-state index contributed by atoms with van der Waals surface area (Å²) in [6.07, 6.45) is 1.07. The molecule has 1 aromatic carbocycles. The van der Waals surface area contributed by atoms with Gasteiger partial charge in [-0.15, -0.1) is 0 Å². The molecular formula is C15H19N5O2. The van der Waals surface area contributed by atoms with Crippen molar-refractivity contribution in [3.05, 3.63) is 30.1 Å². The number of hydrogen-bond acceptors (Lipinski definition) is 5. The number of aryl methyl sites for hydroxylation is 1. The van der Waals surface area contributed by atoms with Gasteiger partial charge in [-0.05, 0) is 44.0 Å². The number of amides is 1. The topological polar surface area (TPSA) is 106 Å². The standard InChI is InChI=1S/C15H19N5O2/c1-10-17-13(20-19-10)11-2-4-12(5-3-11)18-14(21)15(16)6-8-22-9-7-15/h2-5H,6-9,16H2,1H3,(H,18,21)(H,17,19,20). The van der Waals surface area contributed by atoms with E-state index < -0.39 is 5.54 Å². The Morgan fingerprint density at radius 1 is 1.32 bits per heavy atom. The first kappa shape index (κ1) is 14.7. The minimum Gasteiger partial charge on any atom is -0.381 e. The smallest absolute Gasteiger partial charge is 0.244 e. The SMILES string of the molecule is Cc1nc(-c2ccc(NC(=O)C3(N)CCOCC3)cc2)n[nH]1. The first-order valence-electron chi connectivity index (χ1n) is 7.24. The Balaban J connectivity index is 1.69. The van der Waals surface area contributed by atoms with Gasteiger partial charge < -0.3 is 15.8 Å². The molecule has 0 aliphatic carbocycles. The first-order chi connectivity index (χ1) is 10.6. The van der Waals surface area contributed by atoms with E-state index in [9.17, 15) is 4.79 Å². The molecule has 7 nitrogen and oxygen atoms in total. The highest BCUT2D eigenvalue weighted by atomic mass is 16.5. The van der Waals surface area contributed by atoms with Crippen molar-refractivity contribution in [1.82, 2.24) is 15.2 Å². The van der Waals surface area contributed by atoms with Crippen molar-refractivity contribution in [2.24, 2.45) is 5.73 Å². The number of ether oxygens (including phenoxy) is 1. The van der Waals surface area contributed by atoms with Crippen LogP contribution in [-0.2, 0) is 9.53 Å². The van der Waals surface area contributed by atoms with Gasteiger partial charge in [0, 0.05) is 24.5 Å². The molecule has 0 saturated carbocycles. The van der Waals surface area contributed by atoms with Crippen LogP contribution >= 0.6 is 0 Å². The Morgan fingerprint density at radius 2 is 2.00 bits per heavy atom. The second-order valence-electron chi connectivity index (χ2n) is 5.54. The normalized spacial score (nSPS) is 17.2. The number of rotatable bonds is 3. The summed E-state index contributed by atoms with van der Waals surface area (Å²) in [5, 5.41) is 9.77. The number of aromatic nitrogens is 3. The minimum atomic E-state index is -0.849. The molecule has 0 spiro atoms. The van der Waals surface area contributed by atoms with Crippen LogP contribution in [0.3, 0.4) is 0 Å². The highest BCUT2D eigenvalue weighted by molar-refractivity contribution is 5.98. The number of carbonyl (C=O) groups is 1. The van der Waals surface area contributed by atoms with Crippen LogP contribution in [0, 0.1) is 6.92 Å². The Hall–Kier alpha value is -2.25. The van der Waals surface area contributed by atoms with Crippen LogP contribution in [0.15, 0.2) is 24.3 Å². The van der Waals surface area contributed by atoms with E-state index in [4.69, 9.17) is 10.5 Å². The summed E-state index contributed by atoms with van der Waals surface area (Å²) in [5.41, 5.74) is 6.90. The van der Waals surface area contributed by atoms with E-state index in [2.05, 4.69) is 20.5 Å². The predicted octanol–water partition coefficient (Wildman–Crippen LogP) is 1.23. The Labute approximate surface area is 128 Å². The summed E-state index contributed by atoms with van der Waals surface area (Å²) < 4.78 is 5.26.